The Morgan fingerprint density at radius 3 is 2.47 bits per heavy atom. The van der Waals surface area contributed by atoms with E-state index in [1.807, 2.05) is 22.6 Å². The van der Waals surface area contributed by atoms with Crippen LogP contribution in [0.15, 0.2) is 42.5 Å². The van der Waals surface area contributed by atoms with Crippen molar-refractivity contribution in [2.45, 2.75) is 6.54 Å². The number of anilines is 1. The highest BCUT2D eigenvalue weighted by Crippen LogP contribution is 2.24. The van der Waals surface area contributed by atoms with Gasteiger partial charge in [-0.3, -0.25) is 10.1 Å². The molecule has 0 spiro atoms. The molecule has 0 saturated heterocycles. The SMILES string of the molecule is O=[N+]([O-])c1ccc(NCc2ccc(F)cc2)c(I)c1. The van der Waals surface area contributed by atoms with Gasteiger partial charge in [-0.15, -0.1) is 0 Å². The first kappa shape index (κ1) is 13.7. The van der Waals surface area contributed by atoms with Gasteiger partial charge in [0.15, 0.2) is 0 Å². The summed E-state index contributed by atoms with van der Waals surface area (Å²) in [6.45, 7) is 0.536. The van der Waals surface area contributed by atoms with Gasteiger partial charge in [0, 0.05) is 27.9 Å². The molecule has 0 aliphatic heterocycles. The number of nitro benzene ring substituents is 1. The van der Waals surface area contributed by atoms with Crippen LogP contribution in [0.2, 0.25) is 0 Å². The lowest BCUT2D eigenvalue weighted by Crippen LogP contribution is -2.01. The molecule has 0 aromatic heterocycles. The Hall–Kier alpha value is -1.70. The van der Waals surface area contributed by atoms with E-state index in [9.17, 15) is 14.5 Å². The quantitative estimate of drug-likeness (QED) is 0.502. The molecule has 98 valence electrons. The monoisotopic (exact) mass is 372 g/mol. The van der Waals surface area contributed by atoms with Gasteiger partial charge >= 0.3 is 0 Å². The molecule has 1 N–H and O–H groups in total. The van der Waals surface area contributed by atoms with Crippen LogP contribution in [0, 0.1) is 19.5 Å². The van der Waals surface area contributed by atoms with Crippen molar-refractivity contribution in [3.05, 3.63) is 67.5 Å². The molecule has 0 aliphatic rings. The third-order valence-corrected chi connectivity index (χ3v) is 3.45. The Kier molecular flexibility index (Phi) is 4.31. The molecule has 0 saturated carbocycles. The zero-order chi connectivity index (χ0) is 13.8. The molecular formula is C13H10FIN2O2. The van der Waals surface area contributed by atoms with Crippen LogP contribution in [0.5, 0.6) is 0 Å². The molecule has 0 fully saturated rings. The van der Waals surface area contributed by atoms with Crippen LogP contribution in [-0.4, -0.2) is 4.92 Å². The normalized spacial score (nSPS) is 10.2. The maximum Gasteiger partial charge on any atom is 0.270 e. The molecule has 2 aromatic rings. The number of hydrogen-bond donors (Lipinski definition) is 1. The summed E-state index contributed by atoms with van der Waals surface area (Å²) >= 11 is 2.04. The van der Waals surface area contributed by atoms with Crippen LogP contribution < -0.4 is 5.32 Å². The number of nitrogens with zero attached hydrogens (tertiary/aromatic N) is 1. The number of nitrogens with one attached hydrogen (secondary N) is 1. The van der Waals surface area contributed by atoms with Crippen molar-refractivity contribution in [3.63, 3.8) is 0 Å². The van der Waals surface area contributed by atoms with Crippen LogP contribution in [0.3, 0.4) is 0 Å². The number of benzene rings is 2. The van der Waals surface area contributed by atoms with Crippen molar-refractivity contribution in [1.82, 2.24) is 0 Å². The first-order valence-corrected chi connectivity index (χ1v) is 6.56. The minimum absolute atomic E-state index is 0.0664. The Bertz CT molecular complexity index is 602. The average Bonchev–Trinajstić information content (AvgIpc) is 2.39. The summed E-state index contributed by atoms with van der Waals surface area (Å²) in [6, 6.07) is 10.8. The number of nitro groups is 1. The third kappa shape index (κ3) is 3.63. The van der Waals surface area contributed by atoms with E-state index in [4.69, 9.17) is 0 Å². The van der Waals surface area contributed by atoms with Gasteiger partial charge in [0.05, 0.1) is 4.92 Å². The first-order chi connectivity index (χ1) is 9.06. The van der Waals surface area contributed by atoms with Gasteiger partial charge in [-0.25, -0.2) is 4.39 Å². The smallest absolute Gasteiger partial charge is 0.270 e. The molecule has 0 aliphatic carbocycles. The van der Waals surface area contributed by atoms with Crippen molar-refractivity contribution < 1.29 is 9.31 Å². The van der Waals surface area contributed by atoms with Gasteiger partial charge in [-0.05, 0) is 46.4 Å². The summed E-state index contributed by atoms with van der Waals surface area (Å²) in [4.78, 5) is 10.2. The zero-order valence-corrected chi connectivity index (χ0v) is 11.9. The number of rotatable bonds is 4. The number of hydrogen-bond acceptors (Lipinski definition) is 3. The topological polar surface area (TPSA) is 55.2 Å². The largest absolute Gasteiger partial charge is 0.380 e. The summed E-state index contributed by atoms with van der Waals surface area (Å²) in [5.74, 6) is -0.270. The van der Waals surface area contributed by atoms with Crippen molar-refractivity contribution >= 4 is 34.0 Å². The fourth-order valence-electron chi connectivity index (χ4n) is 1.56. The lowest BCUT2D eigenvalue weighted by Gasteiger charge is -2.08. The van der Waals surface area contributed by atoms with E-state index >= 15 is 0 Å². The van der Waals surface area contributed by atoms with Crippen LogP contribution in [0.25, 0.3) is 0 Å². The molecule has 2 aromatic carbocycles. The molecular weight excluding hydrogens is 362 g/mol. The second-order valence-electron chi connectivity index (χ2n) is 3.90. The van der Waals surface area contributed by atoms with E-state index in [0.29, 0.717) is 6.54 Å². The highest BCUT2D eigenvalue weighted by molar-refractivity contribution is 14.1. The van der Waals surface area contributed by atoms with E-state index in [0.717, 1.165) is 14.8 Å². The van der Waals surface area contributed by atoms with Gasteiger partial charge in [-0.2, -0.15) is 0 Å². The first-order valence-electron chi connectivity index (χ1n) is 5.48. The highest BCUT2D eigenvalue weighted by Gasteiger charge is 2.08. The maximum atomic E-state index is 12.7. The third-order valence-electron chi connectivity index (χ3n) is 2.56. The second-order valence-corrected chi connectivity index (χ2v) is 5.06. The van der Waals surface area contributed by atoms with Crippen LogP contribution >= 0.6 is 22.6 Å². The molecule has 0 bridgehead atoms. The number of non-ortho nitro benzene ring substituents is 1. The zero-order valence-electron chi connectivity index (χ0n) is 9.77. The molecule has 0 heterocycles. The lowest BCUT2D eigenvalue weighted by molar-refractivity contribution is -0.384. The molecule has 0 amide bonds. The standard InChI is InChI=1S/C13H10FIN2O2/c14-10-3-1-9(2-4-10)8-16-13-6-5-11(17(18)19)7-12(13)15/h1-7,16H,8H2. The van der Waals surface area contributed by atoms with Crippen LogP contribution in [0.4, 0.5) is 15.8 Å². The minimum Gasteiger partial charge on any atom is -0.380 e. The van der Waals surface area contributed by atoms with Crippen LogP contribution in [0.1, 0.15) is 5.56 Å². The Morgan fingerprint density at radius 2 is 1.89 bits per heavy atom. The Labute approximate surface area is 122 Å². The summed E-state index contributed by atoms with van der Waals surface area (Å²) in [5.41, 5.74) is 1.82. The van der Waals surface area contributed by atoms with E-state index in [-0.39, 0.29) is 11.5 Å². The molecule has 4 nitrogen and oxygen atoms in total. The summed E-state index contributed by atoms with van der Waals surface area (Å²) in [7, 11) is 0. The molecule has 0 atom stereocenters. The summed E-state index contributed by atoms with van der Waals surface area (Å²) in [6.07, 6.45) is 0. The maximum absolute atomic E-state index is 12.7. The molecule has 0 radical (unpaired) electrons. The minimum atomic E-state index is -0.425. The van der Waals surface area contributed by atoms with E-state index < -0.39 is 4.92 Å². The van der Waals surface area contributed by atoms with Gasteiger partial charge in [0.2, 0.25) is 0 Å². The predicted octanol–water partition coefficient (Wildman–Crippen LogP) is 3.95. The van der Waals surface area contributed by atoms with Crippen molar-refractivity contribution in [2.24, 2.45) is 0 Å². The lowest BCUT2D eigenvalue weighted by atomic mass is 10.2. The van der Waals surface area contributed by atoms with Gasteiger partial charge < -0.3 is 5.32 Å². The van der Waals surface area contributed by atoms with E-state index in [1.165, 1.54) is 24.3 Å². The van der Waals surface area contributed by atoms with E-state index in [1.54, 1.807) is 18.2 Å². The van der Waals surface area contributed by atoms with E-state index in [2.05, 4.69) is 5.32 Å². The summed E-state index contributed by atoms with van der Waals surface area (Å²) in [5, 5.41) is 13.8. The fourth-order valence-corrected chi connectivity index (χ4v) is 2.25. The van der Waals surface area contributed by atoms with Gasteiger partial charge in [-0.1, -0.05) is 12.1 Å². The Morgan fingerprint density at radius 1 is 1.21 bits per heavy atom. The molecule has 2 rings (SSSR count). The Balaban J connectivity index is 2.07. The van der Waals surface area contributed by atoms with Crippen molar-refractivity contribution in [2.75, 3.05) is 5.32 Å². The average molecular weight is 372 g/mol. The van der Waals surface area contributed by atoms with Gasteiger partial charge in [0.1, 0.15) is 5.82 Å². The predicted molar refractivity (Wildman–Crippen MR) is 79.5 cm³/mol. The fraction of sp³-hybridized carbons (Fsp3) is 0.0769. The number of halogens is 2. The highest BCUT2D eigenvalue weighted by atomic mass is 127. The molecule has 6 heteroatoms. The second kappa shape index (κ2) is 5.96. The van der Waals surface area contributed by atoms with Crippen molar-refractivity contribution in [1.29, 1.82) is 0 Å². The van der Waals surface area contributed by atoms with Crippen molar-refractivity contribution in [3.8, 4) is 0 Å². The van der Waals surface area contributed by atoms with Crippen LogP contribution in [-0.2, 0) is 6.54 Å². The molecule has 19 heavy (non-hydrogen) atoms. The summed E-state index contributed by atoms with van der Waals surface area (Å²) < 4.78 is 13.5. The van der Waals surface area contributed by atoms with Gasteiger partial charge in [0.25, 0.3) is 5.69 Å². The molecule has 0 unspecified atom stereocenters.